The Morgan fingerprint density at radius 3 is 2.60 bits per heavy atom. The molecule has 1 aliphatic heterocycles. The van der Waals surface area contributed by atoms with Crippen LogP contribution in [0.1, 0.15) is 18.4 Å². The maximum atomic E-state index is 13.2. The van der Waals surface area contributed by atoms with Crippen LogP contribution < -0.4 is 11.1 Å². The first-order valence-electron chi connectivity index (χ1n) is 9.45. The molecule has 0 aliphatic carbocycles. The van der Waals surface area contributed by atoms with Crippen molar-refractivity contribution in [1.29, 1.82) is 0 Å². The maximum Gasteiger partial charge on any atom is 0.420 e. The van der Waals surface area contributed by atoms with Crippen LogP contribution in [-0.4, -0.2) is 36.3 Å². The normalized spacial score (nSPS) is 15.0. The van der Waals surface area contributed by atoms with Crippen LogP contribution in [0.25, 0.3) is 11.1 Å². The number of aromatic nitrogens is 1. The van der Waals surface area contributed by atoms with Gasteiger partial charge in [-0.2, -0.15) is 4.31 Å². The first-order chi connectivity index (χ1) is 14.3. The Kier molecular flexibility index (Phi) is 5.20. The van der Waals surface area contributed by atoms with Crippen LogP contribution >= 0.6 is 0 Å². The van der Waals surface area contributed by atoms with Gasteiger partial charge in [0.05, 0.1) is 10.4 Å². The number of hydrogen-bond donors (Lipinski definition) is 1. The summed E-state index contributed by atoms with van der Waals surface area (Å²) >= 11 is 0. The van der Waals surface area contributed by atoms with Crippen LogP contribution in [0.5, 0.6) is 0 Å². The summed E-state index contributed by atoms with van der Waals surface area (Å²) in [4.78, 5) is 24.7. The highest BCUT2D eigenvalue weighted by Gasteiger charge is 2.28. The van der Waals surface area contributed by atoms with Gasteiger partial charge in [0.25, 0.3) is 0 Å². The van der Waals surface area contributed by atoms with Gasteiger partial charge in [-0.05, 0) is 55.7 Å². The highest BCUT2D eigenvalue weighted by molar-refractivity contribution is 7.89. The van der Waals surface area contributed by atoms with E-state index in [9.17, 15) is 22.4 Å². The molecule has 0 spiro atoms. The summed E-state index contributed by atoms with van der Waals surface area (Å²) in [6, 6.07) is 8.13. The van der Waals surface area contributed by atoms with Crippen LogP contribution in [0.15, 0.2) is 50.5 Å². The lowest BCUT2D eigenvalue weighted by Gasteiger charge is -2.15. The number of nitrogens with zero attached hydrogens (tertiary/aromatic N) is 2. The Morgan fingerprint density at radius 2 is 1.90 bits per heavy atom. The highest BCUT2D eigenvalue weighted by Crippen LogP contribution is 2.24. The number of aryl methyl sites for hydroxylation is 1. The van der Waals surface area contributed by atoms with Gasteiger partial charge in [0.1, 0.15) is 12.4 Å². The molecule has 2 aromatic carbocycles. The number of nitrogens with one attached hydrogen (secondary N) is 1. The monoisotopic (exact) mass is 433 g/mol. The van der Waals surface area contributed by atoms with Crippen molar-refractivity contribution in [2.45, 2.75) is 31.2 Å². The minimum atomic E-state index is -3.65. The quantitative estimate of drug-likeness (QED) is 0.666. The van der Waals surface area contributed by atoms with E-state index in [1.54, 1.807) is 6.92 Å². The largest absolute Gasteiger partial charge is 0.420 e. The minimum absolute atomic E-state index is 0.0455. The number of anilines is 1. The van der Waals surface area contributed by atoms with Crippen molar-refractivity contribution in [2.75, 3.05) is 18.4 Å². The third kappa shape index (κ3) is 3.75. The lowest BCUT2D eigenvalue weighted by atomic mass is 10.2. The molecule has 1 saturated heterocycles. The Balaban J connectivity index is 1.60. The average Bonchev–Trinajstić information content (AvgIpc) is 3.33. The second kappa shape index (κ2) is 7.69. The van der Waals surface area contributed by atoms with Crippen LogP contribution in [-0.2, 0) is 21.4 Å². The Bertz CT molecular complexity index is 1290. The van der Waals surface area contributed by atoms with Gasteiger partial charge in [0.15, 0.2) is 5.58 Å². The van der Waals surface area contributed by atoms with Crippen molar-refractivity contribution in [2.24, 2.45) is 0 Å². The van der Waals surface area contributed by atoms with Gasteiger partial charge in [-0.3, -0.25) is 9.36 Å². The fourth-order valence-corrected chi connectivity index (χ4v) is 5.07. The zero-order chi connectivity index (χ0) is 21.5. The molecule has 10 heteroatoms. The molecule has 8 nitrogen and oxygen atoms in total. The van der Waals surface area contributed by atoms with Crippen molar-refractivity contribution in [3.63, 3.8) is 0 Å². The van der Waals surface area contributed by atoms with Crippen molar-refractivity contribution in [1.82, 2.24) is 8.87 Å². The number of sulfonamides is 1. The van der Waals surface area contributed by atoms with E-state index in [0.29, 0.717) is 29.9 Å². The van der Waals surface area contributed by atoms with E-state index in [2.05, 4.69) is 5.32 Å². The second-order valence-electron chi connectivity index (χ2n) is 7.20. The first-order valence-corrected chi connectivity index (χ1v) is 10.9. The van der Waals surface area contributed by atoms with Crippen molar-refractivity contribution in [3.05, 3.63) is 58.3 Å². The van der Waals surface area contributed by atoms with Crippen LogP contribution in [0, 0.1) is 12.7 Å². The number of oxazole rings is 1. The van der Waals surface area contributed by atoms with Gasteiger partial charge < -0.3 is 9.73 Å². The van der Waals surface area contributed by atoms with Crippen molar-refractivity contribution in [3.8, 4) is 0 Å². The summed E-state index contributed by atoms with van der Waals surface area (Å²) < 4.78 is 46.4. The summed E-state index contributed by atoms with van der Waals surface area (Å²) in [5, 5.41) is 2.63. The molecule has 0 bridgehead atoms. The number of amides is 1. The molecule has 3 aromatic rings. The van der Waals surface area contributed by atoms with Gasteiger partial charge in [-0.1, -0.05) is 0 Å². The van der Waals surface area contributed by atoms with E-state index < -0.39 is 27.5 Å². The maximum absolute atomic E-state index is 13.2. The third-order valence-electron chi connectivity index (χ3n) is 5.11. The molecule has 1 amide bonds. The number of benzene rings is 2. The molecule has 4 rings (SSSR count). The summed E-state index contributed by atoms with van der Waals surface area (Å²) in [7, 11) is -3.65. The van der Waals surface area contributed by atoms with Crippen LogP contribution in [0.4, 0.5) is 10.1 Å². The SMILES string of the molecule is Cc1cc(F)ccc1NC(=O)Cn1c(=O)oc2cc(S(=O)(=O)N3CCCC3)ccc21. The van der Waals surface area contributed by atoms with E-state index in [1.165, 1.54) is 40.7 Å². The standard InChI is InChI=1S/C20H20FN3O5S/c1-13-10-14(21)4-6-16(13)22-19(25)12-24-17-7-5-15(11-18(17)29-20(24)26)30(27,28)23-8-2-3-9-23/h4-7,10-11H,2-3,8-9,12H2,1H3,(H,22,25). The second-order valence-corrected chi connectivity index (χ2v) is 9.14. The van der Waals surface area contributed by atoms with Crippen molar-refractivity contribution < 1.29 is 22.0 Å². The molecule has 0 radical (unpaired) electrons. The molecule has 1 aliphatic rings. The van der Waals surface area contributed by atoms with Gasteiger partial charge in [0, 0.05) is 24.8 Å². The van der Waals surface area contributed by atoms with E-state index in [-0.39, 0.29) is 17.0 Å². The first kappa shape index (κ1) is 20.3. The van der Waals surface area contributed by atoms with Crippen LogP contribution in [0.2, 0.25) is 0 Å². The molecule has 158 valence electrons. The topological polar surface area (TPSA) is 102 Å². The minimum Gasteiger partial charge on any atom is -0.408 e. The van der Waals surface area contributed by atoms with E-state index in [0.717, 1.165) is 17.4 Å². The number of carbonyl (C=O) groups excluding carboxylic acids is 1. The highest BCUT2D eigenvalue weighted by atomic mass is 32.2. The Morgan fingerprint density at radius 1 is 1.17 bits per heavy atom. The molecule has 30 heavy (non-hydrogen) atoms. The van der Waals surface area contributed by atoms with Crippen molar-refractivity contribution >= 4 is 32.7 Å². The third-order valence-corrected chi connectivity index (χ3v) is 7.00. The van der Waals surface area contributed by atoms with Crippen LogP contribution in [0.3, 0.4) is 0 Å². The summed E-state index contributed by atoms with van der Waals surface area (Å²) in [5.74, 6) is -1.68. The zero-order valence-electron chi connectivity index (χ0n) is 16.2. The molecule has 2 heterocycles. The fraction of sp³-hybridized carbons (Fsp3) is 0.300. The van der Waals surface area contributed by atoms with Gasteiger partial charge in [0.2, 0.25) is 15.9 Å². The lowest BCUT2D eigenvalue weighted by Crippen LogP contribution is -2.27. The summed E-state index contributed by atoms with van der Waals surface area (Å²) in [6.07, 6.45) is 1.63. The molecule has 1 N–H and O–H groups in total. The van der Waals surface area contributed by atoms with Gasteiger partial charge in [-0.15, -0.1) is 0 Å². The smallest absolute Gasteiger partial charge is 0.408 e. The summed E-state index contributed by atoms with van der Waals surface area (Å²) in [5.41, 5.74) is 1.38. The number of hydrogen-bond acceptors (Lipinski definition) is 5. The number of carbonyl (C=O) groups is 1. The molecular formula is C20H20FN3O5S. The zero-order valence-corrected chi connectivity index (χ0v) is 17.0. The average molecular weight is 433 g/mol. The van der Waals surface area contributed by atoms with Gasteiger partial charge in [-0.25, -0.2) is 17.6 Å². The van der Waals surface area contributed by atoms with Gasteiger partial charge >= 0.3 is 5.76 Å². The molecule has 1 fully saturated rings. The molecule has 1 aromatic heterocycles. The predicted octanol–water partition coefficient (Wildman–Crippen LogP) is 2.47. The number of halogens is 1. The Labute approximate surface area is 172 Å². The predicted molar refractivity (Wildman–Crippen MR) is 108 cm³/mol. The van der Waals surface area contributed by atoms with E-state index >= 15 is 0 Å². The number of rotatable bonds is 5. The Hall–Kier alpha value is -2.98. The van der Waals surface area contributed by atoms with E-state index in [4.69, 9.17) is 4.42 Å². The molecule has 0 saturated carbocycles. The summed E-state index contributed by atoms with van der Waals surface area (Å²) in [6.45, 7) is 2.25. The molecule has 0 unspecified atom stereocenters. The lowest BCUT2D eigenvalue weighted by molar-refractivity contribution is -0.116. The molecular weight excluding hydrogens is 413 g/mol. The number of fused-ring (bicyclic) bond motifs is 1. The van der Waals surface area contributed by atoms with E-state index in [1.807, 2.05) is 0 Å². The fourth-order valence-electron chi connectivity index (χ4n) is 3.54. The molecule has 0 atom stereocenters.